The van der Waals surface area contributed by atoms with E-state index in [9.17, 15) is 15.0 Å². The molecule has 57 heavy (non-hydrogen) atoms. The van der Waals surface area contributed by atoms with E-state index in [1.165, 1.54) is 225 Å². The number of hydrogen-bond donors (Lipinski definition) is 3. The minimum Gasteiger partial charge on any atom is -0.394 e. The first-order valence-corrected chi connectivity index (χ1v) is 25.7. The Hall–Kier alpha value is -1.39. The van der Waals surface area contributed by atoms with Gasteiger partial charge in [0.15, 0.2) is 0 Å². The van der Waals surface area contributed by atoms with Gasteiger partial charge in [-0.05, 0) is 57.8 Å². The van der Waals surface area contributed by atoms with Gasteiger partial charge in [-0.15, -0.1) is 0 Å². The van der Waals surface area contributed by atoms with E-state index in [1.807, 2.05) is 6.08 Å². The van der Waals surface area contributed by atoms with Crippen molar-refractivity contribution in [2.24, 2.45) is 0 Å². The first-order chi connectivity index (χ1) is 28.2. The van der Waals surface area contributed by atoms with Crippen LogP contribution in [0.25, 0.3) is 0 Å². The van der Waals surface area contributed by atoms with Gasteiger partial charge in [0.05, 0.1) is 18.8 Å². The third-order valence-corrected chi connectivity index (χ3v) is 11.8. The molecule has 1 amide bonds. The smallest absolute Gasteiger partial charge is 0.220 e. The lowest BCUT2D eigenvalue weighted by atomic mass is 10.0. The van der Waals surface area contributed by atoms with Crippen LogP contribution in [0.2, 0.25) is 0 Å². The van der Waals surface area contributed by atoms with E-state index >= 15 is 0 Å². The van der Waals surface area contributed by atoms with Crippen LogP contribution in [0.4, 0.5) is 0 Å². The molecule has 4 nitrogen and oxygen atoms in total. The van der Waals surface area contributed by atoms with E-state index in [-0.39, 0.29) is 12.5 Å². The number of amides is 1. The number of allylic oxidation sites excluding steroid dienone is 5. The van der Waals surface area contributed by atoms with Crippen LogP contribution in [-0.4, -0.2) is 34.9 Å². The van der Waals surface area contributed by atoms with Gasteiger partial charge in [0.2, 0.25) is 5.91 Å². The highest BCUT2D eigenvalue weighted by Gasteiger charge is 2.17. The van der Waals surface area contributed by atoms with Crippen LogP contribution in [0.15, 0.2) is 36.5 Å². The van der Waals surface area contributed by atoms with Crippen molar-refractivity contribution in [1.29, 1.82) is 0 Å². The van der Waals surface area contributed by atoms with Crippen molar-refractivity contribution in [3.05, 3.63) is 36.5 Å². The van der Waals surface area contributed by atoms with Crippen molar-refractivity contribution in [3.63, 3.8) is 0 Å². The van der Waals surface area contributed by atoms with Gasteiger partial charge in [-0.25, -0.2) is 0 Å². The van der Waals surface area contributed by atoms with Gasteiger partial charge >= 0.3 is 0 Å². The number of carbonyl (C=O) groups is 1. The molecule has 336 valence electrons. The molecule has 0 saturated carbocycles. The molecule has 0 spiro atoms. The van der Waals surface area contributed by atoms with Crippen LogP contribution in [0.1, 0.15) is 277 Å². The Balaban J connectivity index is 3.55. The molecule has 0 bridgehead atoms. The number of nitrogens with one attached hydrogen (secondary N) is 1. The summed E-state index contributed by atoms with van der Waals surface area (Å²) in [6.45, 7) is 4.32. The second-order valence-electron chi connectivity index (χ2n) is 17.6. The first kappa shape index (κ1) is 55.6. The summed E-state index contributed by atoms with van der Waals surface area (Å²) in [7, 11) is 0. The lowest BCUT2D eigenvalue weighted by Crippen LogP contribution is -2.45. The molecule has 0 aliphatic heterocycles. The molecule has 0 aliphatic rings. The molecule has 3 N–H and O–H groups in total. The molecule has 0 radical (unpaired) electrons. The van der Waals surface area contributed by atoms with Crippen LogP contribution in [0.3, 0.4) is 0 Å². The highest BCUT2D eigenvalue weighted by molar-refractivity contribution is 5.76. The van der Waals surface area contributed by atoms with Crippen molar-refractivity contribution in [3.8, 4) is 0 Å². The quantitative estimate of drug-likeness (QED) is 0.0424. The van der Waals surface area contributed by atoms with Crippen LogP contribution in [-0.2, 0) is 4.79 Å². The van der Waals surface area contributed by atoms with Gasteiger partial charge in [0, 0.05) is 6.42 Å². The zero-order chi connectivity index (χ0) is 41.4. The topological polar surface area (TPSA) is 69.6 Å². The number of aliphatic hydroxyl groups excluding tert-OH is 2. The highest BCUT2D eigenvalue weighted by atomic mass is 16.3. The average molecular weight is 800 g/mol. The first-order valence-electron chi connectivity index (χ1n) is 25.7. The minimum absolute atomic E-state index is 0.0755. The Morgan fingerprint density at radius 3 is 1.02 bits per heavy atom. The summed E-state index contributed by atoms with van der Waals surface area (Å²) in [5, 5.41) is 23.1. The zero-order valence-electron chi connectivity index (χ0n) is 38.6. The van der Waals surface area contributed by atoms with E-state index in [1.54, 1.807) is 6.08 Å². The average Bonchev–Trinajstić information content (AvgIpc) is 3.22. The molecule has 0 heterocycles. The molecule has 0 fully saturated rings. The molecule has 2 unspecified atom stereocenters. The predicted molar refractivity (Wildman–Crippen MR) is 253 cm³/mol. The number of hydrogen-bond acceptors (Lipinski definition) is 3. The summed E-state index contributed by atoms with van der Waals surface area (Å²) >= 11 is 0. The maximum atomic E-state index is 12.4. The standard InChI is InChI=1S/C53H101NO3/c1-3-5-7-9-11-13-15-17-19-21-23-25-26-27-28-29-30-32-34-36-38-40-42-44-46-48-52(56)51(50-55)54-53(57)49-47-45-43-41-39-37-35-33-31-24-22-20-18-16-14-12-10-8-6-4-2/h24,31,38,40,46,48,51-52,55-56H,3-23,25-30,32-37,39,41-45,47,49-50H2,1-2H3,(H,54,57)/b31-24-,40-38+,48-46+. The summed E-state index contributed by atoms with van der Waals surface area (Å²) in [5.74, 6) is -0.0755. The van der Waals surface area contributed by atoms with E-state index in [0.29, 0.717) is 6.42 Å². The Labute approximate surface area is 357 Å². The van der Waals surface area contributed by atoms with Crippen LogP contribution < -0.4 is 5.32 Å². The number of carbonyl (C=O) groups excluding carboxylic acids is 1. The van der Waals surface area contributed by atoms with E-state index < -0.39 is 12.1 Å². The molecule has 2 atom stereocenters. The van der Waals surface area contributed by atoms with Gasteiger partial charge in [-0.2, -0.15) is 0 Å². The fourth-order valence-corrected chi connectivity index (χ4v) is 7.90. The minimum atomic E-state index is -0.864. The molecule has 0 aromatic rings. The zero-order valence-corrected chi connectivity index (χ0v) is 38.6. The molecular formula is C53H101NO3. The van der Waals surface area contributed by atoms with Gasteiger partial charge in [-0.1, -0.05) is 249 Å². The summed E-state index contributed by atoms with van der Waals surface area (Å²) in [4.78, 5) is 12.4. The Bertz CT molecular complexity index is 866. The summed E-state index contributed by atoms with van der Waals surface area (Å²) < 4.78 is 0. The third kappa shape index (κ3) is 45.5. The van der Waals surface area contributed by atoms with Crippen molar-refractivity contribution in [2.45, 2.75) is 289 Å². The SMILES string of the molecule is CCCCCCCCCCC/C=C\CCCCCCCCCC(=O)NC(CO)C(O)/C=C/CC/C=C/CCCCCCCCCCCCCCCCCCCCC. The molecule has 0 aliphatic carbocycles. The maximum absolute atomic E-state index is 12.4. The van der Waals surface area contributed by atoms with Crippen LogP contribution in [0.5, 0.6) is 0 Å². The lowest BCUT2D eigenvalue weighted by Gasteiger charge is -2.19. The molecule has 0 aromatic heterocycles. The summed E-state index contributed by atoms with van der Waals surface area (Å²) in [6.07, 6.45) is 65.7. The fourth-order valence-electron chi connectivity index (χ4n) is 7.90. The van der Waals surface area contributed by atoms with Gasteiger partial charge in [0.1, 0.15) is 0 Å². The van der Waals surface area contributed by atoms with Gasteiger partial charge < -0.3 is 15.5 Å². The predicted octanol–water partition coefficient (Wildman–Crippen LogP) is 16.5. The molecule has 4 heteroatoms. The fraction of sp³-hybridized carbons (Fsp3) is 0.868. The molecule has 0 aromatic carbocycles. The van der Waals surface area contributed by atoms with E-state index in [0.717, 1.165) is 32.1 Å². The van der Waals surface area contributed by atoms with Crippen molar-refractivity contribution >= 4 is 5.91 Å². The van der Waals surface area contributed by atoms with Crippen molar-refractivity contribution in [1.82, 2.24) is 5.32 Å². The van der Waals surface area contributed by atoms with Gasteiger partial charge in [0.25, 0.3) is 0 Å². The van der Waals surface area contributed by atoms with Crippen molar-refractivity contribution in [2.75, 3.05) is 6.61 Å². The number of unbranched alkanes of at least 4 members (excludes halogenated alkanes) is 36. The Kier molecular flexibility index (Phi) is 47.8. The summed E-state index contributed by atoms with van der Waals surface area (Å²) in [5.41, 5.74) is 0. The second-order valence-corrected chi connectivity index (χ2v) is 17.6. The number of aliphatic hydroxyl groups is 2. The molecule has 0 saturated heterocycles. The van der Waals surface area contributed by atoms with E-state index in [2.05, 4.69) is 43.5 Å². The molecule has 0 rings (SSSR count). The maximum Gasteiger partial charge on any atom is 0.220 e. The normalized spacial score (nSPS) is 13.1. The monoisotopic (exact) mass is 800 g/mol. The number of rotatable bonds is 47. The highest BCUT2D eigenvalue weighted by Crippen LogP contribution is 2.16. The second kappa shape index (κ2) is 49.0. The van der Waals surface area contributed by atoms with E-state index in [4.69, 9.17) is 0 Å². The van der Waals surface area contributed by atoms with Crippen molar-refractivity contribution < 1.29 is 15.0 Å². The lowest BCUT2D eigenvalue weighted by molar-refractivity contribution is -0.123. The molecular weight excluding hydrogens is 699 g/mol. The van der Waals surface area contributed by atoms with Gasteiger partial charge in [-0.3, -0.25) is 4.79 Å². The van der Waals surface area contributed by atoms with Crippen LogP contribution in [0, 0.1) is 0 Å². The Morgan fingerprint density at radius 2 is 0.684 bits per heavy atom. The Morgan fingerprint density at radius 1 is 0.404 bits per heavy atom. The third-order valence-electron chi connectivity index (χ3n) is 11.8. The van der Waals surface area contributed by atoms with Crippen LogP contribution >= 0.6 is 0 Å². The largest absolute Gasteiger partial charge is 0.394 e. The summed E-state index contributed by atoms with van der Waals surface area (Å²) in [6, 6.07) is -0.641.